The third-order valence-corrected chi connectivity index (χ3v) is 6.12. The fourth-order valence-electron chi connectivity index (χ4n) is 4.41. The maximum atomic E-state index is 12.4. The Morgan fingerprint density at radius 1 is 0.971 bits per heavy atom. The highest BCUT2D eigenvalue weighted by molar-refractivity contribution is 5.79. The predicted molar refractivity (Wildman–Crippen MR) is 132 cm³/mol. The first kappa shape index (κ1) is 26.2. The zero-order valence-corrected chi connectivity index (χ0v) is 20.3. The molecule has 0 saturated heterocycles. The van der Waals surface area contributed by atoms with E-state index in [9.17, 15) is 14.4 Å². The Morgan fingerprint density at radius 3 is 2.20 bits per heavy atom. The number of carbonyl (C=O) groups excluding carboxylic acids is 2. The van der Waals surface area contributed by atoms with Crippen molar-refractivity contribution in [1.82, 2.24) is 10.6 Å². The van der Waals surface area contributed by atoms with Crippen LogP contribution in [0.4, 0.5) is 4.79 Å². The van der Waals surface area contributed by atoms with Crippen LogP contribution >= 0.6 is 0 Å². The molecule has 2 unspecified atom stereocenters. The van der Waals surface area contributed by atoms with Gasteiger partial charge in [-0.25, -0.2) is 4.79 Å². The summed E-state index contributed by atoms with van der Waals surface area (Å²) in [6.07, 6.45) is -0.307. The second-order valence-corrected chi connectivity index (χ2v) is 8.83. The maximum Gasteiger partial charge on any atom is 0.407 e. The lowest BCUT2D eigenvalue weighted by Crippen LogP contribution is -2.38. The van der Waals surface area contributed by atoms with Crippen molar-refractivity contribution in [2.45, 2.75) is 45.1 Å². The normalized spacial score (nSPS) is 13.9. The van der Waals surface area contributed by atoms with Gasteiger partial charge in [-0.05, 0) is 41.5 Å². The van der Waals surface area contributed by atoms with E-state index in [1.807, 2.05) is 38.1 Å². The van der Waals surface area contributed by atoms with Gasteiger partial charge in [-0.2, -0.15) is 0 Å². The van der Waals surface area contributed by atoms with Gasteiger partial charge < -0.3 is 25.2 Å². The van der Waals surface area contributed by atoms with Gasteiger partial charge in [0.15, 0.2) is 0 Å². The van der Waals surface area contributed by atoms with E-state index < -0.39 is 18.2 Å². The SMILES string of the molecule is CCOC(CNC(=O)OCC1c2ccccc2-c2ccccc21)CC(=O)NCCC(C)CC(=O)O. The molecule has 2 aromatic carbocycles. The molecule has 0 fully saturated rings. The summed E-state index contributed by atoms with van der Waals surface area (Å²) in [6.45, 7) is 4.82. The average molecular weight is 483 g/mol. The van der Waals surface area contributed by atoms with Crippen molar-refractivity contribution in [3.05, 3.63) is 59.7 Å². The molecule has 2 amide bonds. The van der Waals surface area contributed by atoms with E-state index in [0.717, 1.165) is 22.3 Å². The smallest absolute Gasteiger partial charge is 0.407 e. The standard InChI is InChI=1S/C27H34N2O6/c1-3-34-19(15-25(30)28-13-12-18(2)14-26(31)32)16-29-27(33)35-17-24-22-10-6-4-8-20(22)21-9-5-7-11-23(21)24/h4-11,18-19,24H,3,12-17H2,1-2H3,(H,28,30)(H,29,33)(H,31,32). The molecule has 188 valence electrons. The molecule has 0 spiro atoms. The number of hydrogen-bond donors (Lipinski definition) is 3. The summed E-state index contributed by atoms with van der Waals surface area (Å²) in [6, 6.07) is 16.3. The van der Waals surface area contributed by atoms with Crippen LogP contribution in [0.15, 0.2) is 48.5 Å². The van der Waals surface area contributed by atoms with Crippen LogP contribution in [0.2, 0.25) is 0 Å². The maximum absolute atomic E-state index is 12.4. The van der Waals surface area contributed by atoms with Gasteiger partial charge in [0.1, 0.15) is 6.61 Å². The van der Waals surface area contributed by atoms with Gasteiger partial charge in [-0.3, -0.25) is 9.59 Å². The second kappa shape index (κ2) is 12.9. The summed E-state index contributed by atoms with van der Waals surface area (Å²) in [5.74, 6) is -1.10. The second-order valence-electron chi connectivity index (χ2n) is 8.83. The number of aliphatic carboxylic acids is 1. The van der Waals surface area contributed by atoms with Gasteiger partial charge in [-0.15, -0.1) is 0 Å². The molecule has 0 heterocycles. The topological polar surface area (TPSA) is 114 Å². The Labute approximate surface area is 206 Å². The zero-order chi connectivity index (χ0) is 25.2. The molecule has 0 aromatic heterocycles. The first-order valence-corrected chi connectivity index (χ1v) is 12.1. The Kier molecular flexibility index (Phi) is 9.66. The molecule has 3 N–H and O–H groups in total. The van der Waals surface area contributed by atoms with E-state index in [-0.39, 0.29) is 43.7 Å². The van der Waals surface area contributed by atoms with Crippen LogP contribution in [0.5, 0.6) is 0 Å². The van der Waals surface area contributed by atoms with Gasteiger partial charge in [-0.1, -0.05) is 55.5 Å². The number of nitrogens with one attached hydrogen (secondary N) is 2. The van der Waals surface area contributed by atoms with Crippen molar-refractivity contribution in [3.8, 4) is 11.1 Å². The summed E-state index contributed by atoms with van der Waals surface area (Å²) in [4.78, 5) is 35.4. The fourth-order valence-corrected chi connectivity index (χ4v) is 4.41. The van der Waals surface area contributed by atoms with Gasteiger partial charge in [0.25, 0.3) is 0 Å². The Bertz CT molecular complexity index is 979. The monoisotopic (exact) mass is 482 g/mol. The van der Waals surface area contributed by atoms with Crippen LogP contribution in [0, 0.1) is 5.92 Å². The molecule has 2 aromatic rings. The van der Waals surface area contributed by atoms with Crippen LogP contribution in [0.1, 0.15) is 50.2 Å². The molecule has 0 saturated carbocycles. The predicted octanol–water partition coefficient (Wildman–Crippen LogP) is 3.94. The first-order valence-electron chi connectivity index (χ1n) is 12.1. The number of fused-ring (bicyclic) bond motifs is 3. The van der Waals surface area contributed by atoms with Crippen LogP contribution in [-0.2, 0) is 19.1 Å². The molecular weight excluding hydrogens is 448 g/mol. The Balaban J connectivity index is 1.44. The summed E-state index contributed by atoms with van der Waals surface area (Å²) < 4.78 is 11.1. The van der Waals surface area contributed by atoms with E-state index in [1.54, 1.807) is 0 Å². The number of carboxylic acids is 1. The van der Waals surface area contributed by atoms with Gasteiger partial charge >= 0.3 is 12.1 Å². The molecule has 3 rings (SSSR count). The molecule has 0 aliphatic heterocycles. The zero-order valence-electron chi connectivity index (χ0n) is 20.3. The molecule has 2 atom stereocenters. The highest BCUT2D eigenvalue weighted by Gasteiger charge is 2.29. The third kappa shape index (κ3) is 7.55. The highest BCUT2D eigenvalue weighted by atomic mass is 16.5. The largest absolute Gasteiger partial charge is 0.481 e. The highest BCUT2D eigenvalue weighted by Crippen LogP contribution is 2.44. The van der Waals surface area contributed by atoms with Crippen LogP contribution < -0.4 is 10.6 Å². The average Bonchev–Trinajstić information content (AvgIpc) is 3.14. The number of amides is 2. The van der Waals surface area contributed by atoms with E-state index in [2.05, 4.69) is 34.9 Å². The van der Waals surface area contributed by atoms with E-state index >= 15 is 0 Å². The number of alkyl carbamates (subject to hydrolysis) is 1. The number of benzene rings is 2. The molecule has 0 radical (unpaired) electrons. The molecule has 8 nitrogen and oxygen atoms in total. The van der Waals surface area contributed by atoms with E-state index in [1.165, 1.54) is 0 Å². The number of carbonyl (C=O) groups is 3. The van der Waals surface area contributed by atoms with E-state index in [4.69, 9.17) is 14.6 Å². The Morgan fingerprint density at radius 2 is 1.60 bits per heavy atom. The lowest BCUT2D eigenvalue weighted by Gasteiger charge is -2.19. The molecule has 8 heteroatoms. The Hall–Kier alpha value is -3.39. The van der Waals surface area contributed by atoms with Crippen molar-refractivity contribution >= 4 is 18.0 Å². The number of rotatable bonds is 13. The van der Waals surface area contributed by atoms with Crippen LogP contribution in [0.3, 0.4) is 0 Å². The first-order chi connectivity index (χ1) is 16.9. The van der Waals surface area contributed by atoms with Crippen molar-refractivity contribution < 1.29 is 29.0 Å². The van der Waals surface area contributed by atoms with Crippen molar-refractivity contribution in [2.24, 2.45) is 5.92 Å². The number of ether oxygens (including phenoxy) is 2. The molecule has 0 bridgehead atoms. The van der Waals surface area contributed by atoms with Crippen molar-refractivity contribution in [2.75, 3.05) is 26.3 Å². The lowest BCUT2D eigenvalue weighted by molar-refractivity contribution is -0.138. The van der Waals surface area contributed by atoms with Crippen molar-refractivity contribution in [3.63, 3.8) is 0 Å². The number of carboxylic acid groups (broad SMARTS) is 1. The molecule has 1 aliphatic rings. The number of hydrogen-bond acceptors (Lipinski definition) is 5. The van der Waals surface area contributed by atoms with Gasteiger partial charge in [0.2, 0.25) is 5.91 Å². The summed E-state index contributed by atoms with van der Waals surface area (Å²) in [7, 11) is 0. The minimum Gasteiger partial charge on any atom is -0.481 e. The summed E-state index contributed by atoms with van der Waals surface area (Å²) in [5, 5.41) is 14.3. The van der Waals surface area contributed by atoms with Crippen molar-refractivity contribution in [1.29, 1.82) is 0 Å². The quantitative estimate of drug-likeness (QED) is 0.399. The van der Waals surface area contributed by atoms with Gasteiger partial charge in [0, 0.05) is 32.0 Å². The lowest BCUT2D eigenvalue weighted by atomic mass is 9.98. The third-order valence-electron chi connectivity index (χ3n) is 6.12. The fraction of sp³-hybridized carbons (Fsp3) is 0.444. The summed E-state index contributed by atoms with van der Waals surface area (Å²) >= 11 is 0. The summed E-state index contributed by atoms with van der Waals surface area (Å²) in [5.41, 5.74) is 4.61. The van der Waals surface area contributed by atoms with Crippen LogP contribution in [0.25, 0.3) is 11.1 Å². The molecular formula is C27H34N2O6. The molecule has 35 heavy (non-hydrogen) atoms. The van der Waals surface area contributed by atoms with Crippen LogP contribution in [-0.4, -0.2) is 55.5 Å². The van der Waals surface area contributed by atoms with E-state index in [0.29, 0.717) is 19.6 Å². The van der Waals surface area contributed by atoms with Gasteiger partial charge in [0.05, 0.1) is 12.5 Å². The minimum absolute atomic E-state index is 0.0225. The minimum atomic E-state index is -0.848. The molecule has 1 aliphatic carbocycles.